The van der Waals surface area contributed by atoms with Crippen LogP contribution in [0, 0.1) is 0 Å². The number of hydrogen-bond acceptors (Lipinski definition) is 16. The number of phosphoric acid groups is 3. The normalized spacial score (nSPS) is 11.5. The second kappa shape index (κ2) is 38.4. The molecule has 2 unspecified atom stereocenters. The number of aliphatic hydroxyl groups excluding tert-OH is 2. The van der Waals surface area contributed by atoms with E-state index in [1.165, 1.54) is 6.92 Å². The van der Waals surface area contributed by atoms with Crippen LogP contribution in [-0.4, -0.2) is 101 Å². The molecule has 0 fully saturated rings. The Morgan fingerprint density at radius 3 is 0.652 bits per heavy atom. The van der Waals surface area contributed by atoms with Gasteiger partial charge in [0.25, 0.3) is 0 Å². The van der Waals surface area contributed by atoms with Crippen molar-refractivity contribution < 1.29 is 119 Å². The quantitative estimate of drug-likeness (QED) is 0.115. The molecule has 0 radical (unpaired) electrons. The molecular weight excluding hydrogens is 785 g/mol. The Balaban J connectivity index is -0.0000000625. The minimum absolute atomic E-state index is 0. The Labute approximate surface area is 267 Å². The van der Waals surface area contributed by atoms with Gasteiger partial charge in [-0.15, -0.1) is 0 Å². The van der Waals surface area contributed by atoms with Gasteiger partial charge in [0.1, 0.15) is 0 Å². The van der Waals surface area contributed by atoms with Gasteiger partial charge >= 0.3 is 53.5 Å². The highest BCUT2D eigenvalue weighted by molar-refractivity contribution is 8.19. The van der Waals surface area contributed by atoms with Gasteiger partial charge in [-0.05, 0) is 48.5 Å². The van der Waals surface area contributed by atoms with Gasteiger partial charge in [0, 0.05) is 13.2 Å². The Bertz CT molecular complexity index is 846. The van der Waals surface area contributed by atoms with Crippen molar-refractivity contribution in [1.82, 2.24) is 0 Å². The monoisotopic (exact) mass is 832 g/mol. The van der Waals surface area contributed by atoms with Crippen LogP contribution in [-0.2, 0) is 54.6 Å². The number of rotatable bonds is 12. The molecule has 0 heterocycles. The standard InChI is InChI=1S/2C4H11O4P.C2H7O4P.2C2H6O.2H2O5P2.H2O/c2*1-3-7-9(5,6)8-4-2;1-2-6-7(3,4)5;2*1-2-3;2*1-6(2)7(3,4)5;/h2*3-4H2,1-2H3,(H,5,6);2H2,1H3,(H2,3,4,5);2*3H,2H2,1H3;2*(H2,3,4,5);1H2. The first-order valence-corrected chi connectivity index (χ1v) is 23.1. The largest absolute Gasteiger partial charge is 0.588 e. The van der Waals surface area contributed by atoms with Crippen LogP contribution in [0.1, 0.15) is 48.5 Å². The van der Waals surface area contributed by atoms with E-state index in [2.05, 4.69) is 22.6 Å². The maximum Gasteiger partial charge on any atom is 0.561 e. The Morgan fingerprint density at radius 2 is 0.609 bits per heavy atom. The maximum atomic E-state index is 10.5. The predicted molar refractivity (Wildman–Crippen MR) is 158 cm³/mol. The summed E-state index contributed by atoms with van der Waals surface area (Å²) in [6.45, 7) is 12.7. The van der Waals surface area contributed by atoms with Crippen molar-refractivity contribution in [1.29, 1.82) is 0 Å². The second-order valence-corrected chi connectivity index (χ2v) is 17.9. The van der Waals surface area contributed by atoms with E-state index in [9.17, 15) is 41.7 Å². The molecule has 2 atom stereocenters. The van der Waals surface area contributed by atoms with E-state index in [4.69, 9.17) is 49.4 Å². The summed E-state index contributed by atoms with van der Waals surface area (Å²) in [4.78, 5) is 82.1. The number of hydrogen-bond donors (Lipinski definition) is 10. The van der Waals surface area contributed by atoms with Crippen molar-refractivity contribution >= 4 is 53.5 Å². The fourth-order valence-corrected chi connectivity index (χ4v) is 2.69. The minimum Gasteiger partial charge on any atom is -0.588 e. The SMILES string of the molecule is CCO.CCO.CCOP(=O)(O)O.CCOP(=O)(O)OCC.CCOP(=O)(O)OCC.O.O=[P+]([O-])P(=O)(O)O.O=[P+]([O-])P(=O)(O)O. The van der Waals surface area contributed by atoms with E-state index in [-0.39, 0.29) is 51.7 Å². The van der Waals surface area contributed by atoms with Gasteiger partial charge in [0.15, 0.2) is 0 Å². The lowest BCUT2D eigenvalue weighted by Crippen LogP contribution is -1.93. The lowest BCUT2D eigenvalue weighted by atomic mass is 10.9. The molecule has 0 aliphatic rings. The molecule has 288 valence electrons. The van der Waals surface area contributed by atoms with Gasteiger partial charge in [0.2, 0.25) is 0 Å². The highest BCUT2D eigenvalue weighted by atomic mass is 32.1. The first kappa shape index (κ1) is 65.1. The van der Waals surface area contributed by atoms with Crippen LogP contribution in [0.3, 0.4) is 0 Å². The summed E-state index contributed by atoms with van der Waals surface area (Å²) in [5.41, 5.74) is 0. The van der Waals surface area contributed by atoms with E-state index in [1.807, 2.05) is 0 Å². The van der Waals surface area contributed by atoms with Crippen LogP contribution in [0.15, 0.2) is 0 Å². The Kier molecular flexibility index (Phi) is 54.4. The van der Waals surface area contributed by atoms with Crippen molar-refractivity contribution in [2.45, 2.75) is 48.5 Å². The molecule has 32 heteroatoms. The zero-order valence-electron chi connectivity index (χ0n) is 25.8. The fourth-order valence-electron chi connectivity index (χ4n) is 0.895. The smallest absolute Gasteiger partial charge is 0.561 e. The van der Waals surface area contributed by atoms with Gasteiger partial charge in [-0.25, -0.2) is 22.8 Å². The van der Waals surface area contributed by atoms with Crippen molar-refractivity contribution in [3.63, 3.8) is 0 Å². The minimum atomic E-state index is -4.78. The van der Waals surface area contributed by atoms with Crippen LogP contribution in [0.2, 0.25) is 0 Å². The van der Waals surface area contributed by atoms with Gasteiger partial charge < -0.3 is 45.0 Å². The third-order valence-corrected chi connectivity index (χ3v) is 8.23. The van der Waals surface area contributed by atoms with Crippen molar-refractivity contribution in [3.8, 4) is 0 Å². The lowest BCUT2D eigenvalue weighted by Gasteiger charge is -2.07. The molecule has 0 saturated carbocycles. The van der Waals surface area contributed by atoms with Gasteiger partial charge in [-0.1, -0.05) is 9.13 Å². The van der Waals surface area contributed by atoms with Gasteiger partial charge in [-0.3, -0.25) is 42.2 Å². The van der Waals surface area contributed by atoms with E-state index in [0.29, 0.717) is 0 Å². The molecule has 0 aromatic rings. The molecule has 12 N–H and O–H groups in total. The number of phosphoric ester groups is 3. The maximum absolute atomic E-state index is 10.5. The molecular formula is C14H47O25P7. The molecule has 0 bridgehead atoms. The molecule has 0 saturated heterocycles. The predicted octanol–water partition coefficient (Wildman–Crippen LogP) is -0.0287. The summed E-state index contributed by atoms with van der Waals surface area (Å²) in [5, 5.41) is 15.1. The molecule has 0 aromatic carbocycles. The van der Waals surface area contributed by atoms with Crippen LogP contribution >= 0.6 is 53.5 Å². The average molecular weight is 832 g/mol. The summed E-state index contributed by atoms with van der Waals surface area (Å²) >= 11 is 0. The molecule has 0 amide bonds. The third-order valence-electron chi connectivity index (χ3n) is 1.89. The van der Waals surface area contributed by atoms with E-state index < -0.39 is 53.5 Å². The van der Waals surface area contributed by atoms with E-state index in [0.717, 1.165) is 0 Å². The zero-order valence-corrected chi connectivity index (χ0v) is 32.0. The molecule has 0 aliphatic heterocycles. The van der Waals surface area contributed by atoms with Crippen LogP contribution in [0.4, 0.5) is 0 Å². The first-order valence-electron chi connectivity index (χ1n) is 11.6. The van der Waals surface area contributed by atoms with Crippen LogP contribution in [0.25, 0.3) is 0 Å². The first-order chi connectivity index (χ1) is 20.0. The lowest BCUT2D eigenvalue weighted by molar-refractivity contribution is -0.160. The van der Waals surface area contributed by atoms with Crippen molar-refractivity contribution in [2.75, 3.05) is 46.2 Å². The van der Waals surface area contributed by atoms with Gasteiger partial charge in [0.05, 0.1) is 33.0 Å². The molecule has 46 heavy (non-hydrogen) atoms. The third kappa shape index (κ3) is 79.8. The van der Waals surface area contributed by atoms with Gasteiger partial charge in [-0.2, -0.15) is 0 Å². The fraction of sp³-hybridized carbons (Fsp3) is 1.00. The van der Waals surface area contributed by atoms with Crippen LogP contribution < -0.4 is 9.79 Å². The molecule has 0 aromatic heterocycles. The van der Waals surface area contributed by atoms with Crippen molar-refractivity contribution in [2.24, 2.45) is 0 Å². The summed E-state index contributed by atoms with van der Waals surface area (Å²) in [6.07, 6.45) is 0. The summed E-state index contributed by atoms with van der Waals surface area (Å²) in [7, 11) is -28.3. The molecule has 0 spiro atoms. The molecule has 0 aliphatic carbocycles. The molecule has 0 rings (SSSR count). The Hall–Kier alpha value is 0.630. The molecule has 25 nitrogen and oxygen atoms in total. The average Bonchev–Trinajstić information content (AvgIpc) is 2.79. The summed E-state index contributed by atoms with van der Waals surface area (Å²) < 4.78 is 89.5. The second-order valence-electron chi connectivity index (χ2n) is 5.65. The summed E-state index contributed by atoms with van der Waals surface area (Å²) in [5.74, 6) is 0. The highest BCUT2D eigenvalue weighted by Gasteiger charge is 2.31. The van der Waals surface area contributed by atoms with E-state index in [1.54, 1.807) is 41.5 Å². The van der Waals surface area contributed by atoms with E-state index >= 15 is 0 Å². The van der Waals surface area contributed by atoms with Crippen LogP contribution in [0.5, 0.6) is 0 Å². The number of aliphatic hydroxyl groups is 2. The van der Waals surface area contributed by atoms with Crippen molar-refractivity contribution in [3.05, 3.63) is 0 Å². The Morgan fingerprint density at radius 1 is 0.478 bits per heavy atom. The zero-order chi connectivity index (χ0) is 38.1. The summed E-state index contributed by atoms with van der Waals surface area (Å²) in [6, 6.07) is 0. The highest BCUT2D eigenvalue weighted by Crippen LogP contribution is 2.56. The topological polar surface area (TPSA) is 446 Å².